The number of ketones is 1. The summed E-state index contributed by atoms with van der Waals surface area (Å²) in [6.07, 6.45) is 2.07. The first-order chi connectivity index (χ1) is 11.9. The highest BCUT2D eigenvalue weighted by molar-refractivity contribution is 6.19. The van der Waals surface area contributed by atoms with E-state index in [-0.39, 0.29) is 24.1 Å². The van der Waals surface area contributed by atoms with Gasteiger partial charge < -0.3 is 19.3 Å². The van der Waals surface area contributed by atoms with Crippen LogP contribution in [0.4, 0.5) is 4.79 Å². The number of amides is 1. The third-order valence-electron chi connectivity index (χ3n) is 4.19. The molecule has 0 aromatic heterocycles. The van der Waals surface area contributed by atoms with Gasteiger partial charge in [0.05, 0.1) is 6.61 Å². The number of Topliss-reactive ketones (excluding diaryl/α,β-unsaturated/α-hetero) is 1. The summed E-state index contributed by atoms with van der Waals surface area (Å²) in [4.78, 5) is 40.7. The Morgan fingerprint density at radius 1 is 1.15 bits per heavy atom. The van der Waals surface area contributed by atoms with E-state index < -0.39 is 17.0 Å². The van der Waals surface area contributed by atoms with E-state index in [0.29, 0.717) is 25.9 Å². The lowest BCUT2D eigenvalue weighted by Crippen LogP contribution is -2.47. The molecule has 0 spiro atoms. The van der Waals surface area contributed by atoms with Crippen molar-refractivity contribution >= 4 is 17.8 Å². The van der Waals surface area contributed by atoms with Crippen LogP contribution in [0.5, 0.6) is 0 Å². The van der Waals surface area contributed by atoms with Crippen LogP contribution in [0.3, 0.4) is 0 Å². The number of likely N-dealkylation sites (tertiary alicyclic amines) is 1. The number of hydrogen-bond acceptors (Lipinski definition) is 6. The van der Waals surface area contributed by atoms with Gasteiger partial charge in [0.2, 0.25) is 0 Å². The topological polar surface area (TPSA) is 76.2 Å². The number of hydrogen-bond donors (Lipinski definition) is 0. The van der Waals surface area contributed by atoms with Crippen molar-refractivity contribution in [1.82, 2.24) is 9.80 Å². The molecule has 0 atom stereocenters. The van der Waals surface area contributed by atoms with Gasteiger partial charge in [-0.3, -0.25) is 4.79 Å². The molecule has 148 valence electrons. The van der Waals surface area contributed by atoms with Gasteiger partial charge in [-0.1, -0.05) is 6.92 Å². The maximum absolute atomic E-state index is 13.0. The van der Waals surface area contributed by atoms with Crippen molar-refractivity contribution < 1.29 is 23.9 Å². The van der Waals surface area contributed by atoms with Gasteiger partial charge in [-0.25, -0.2) is 9.59 Å². The number of nitrogens with zero attached hydrogens (tertiary/aromatic N) is 2. The maximum Gasteiger partial charge on any atom is 0.410 e. The Morgan fingerprint density at radius 3 is 2.12 bits per heavy atom. The summed E-state index contributed by atoms with van der Waals surface area (Å²) < 4.78 is 10.4. The van der Waals surface area contributed by atoms with E-state index in [1.165, 1.54) is 6.20 Å². The van der Waals surface area contributed by atoms with Crippen LogP contribution < -0.4 is 0 Å². The van der Waals surface area contributed by atoms with Crippen molar-refractivity contribution in [2.45, 2.75) is 53.1 Å². The minimum Gasteiger partial charge on any atom is -0.462 e. The monoisotopic (exact) mass is 368 g/mol. The third kappa shape index (κ3) is 6.04. The highest BCUT2D eigenvalue weighted by atomic mass is 16.6. The first-order valence-electron chi connectivity index (χ1n) is 8.97. The van der Waals surface area contributed by atoms with E-state index >= 15 is 0 Å². The average molecular weight is 368 g/mol. The summed E-state index contributed by atoms with van der Waals surface area (Å²) in [5.74, 6) is -0.851. The predicted octanol–water partition coefficient (Wildman–Crippen LogP) is 2.60. The molecule has 7 nitrogen and oxygen atoms in total. The van der Waals surface area contributed by atoms with Gasteiger partial charge >= 0.3 is 12.1 Å². The summed E-state index contributed by atoms with van der Waals surface area (Å²) in [5.41, 5.74) is -1.23. The van der Waals surface area contributed by atoms with Crippen LogP contribution in [-0.4, -0.2) is 67.0 Å². The van der Waals surface area contributed by atoms with Crippen LogP contribution in [0.2, 0.25) is 0 Å². The maximum atomic E-state index is 13.0. The van der Waals surface area contributed by atoms with Crippen molar-refractivity contribution in [3.05, 3.63) is 11.8 Å². The smallest absolute Gasteiger partial charge is 0.410 e. The Kier molecular flexibility index (Phi) is 7.24. The first-order valence-corrected chi connectivity index (χ1v) is 8.97. The van der Waals surface area contributed by atoms with E-state index in [1.807, 2.05) is 27.7 Å². The number of ether oxygens (including phenoxy) is 2. The van der Waals surface area contributed by atoms with Crippen molar-refractivity contribution in [3.8, 4) is 0 Å². The minimum atomic E-state index is -0.715. The standard InChI is InChI=1S/C19H32N2O5/c1-8-25-16(23)14(13-20(6)7)15(22)19(5)9-11-21(12-10-19)17(24)26-18(2,3)4/h13H,8-12H2,1-7H3. The number of carbonyl (C=O) groups excluding carboxylic acids is 3. The highest BCUT2D eigenvalue weighted by Gasteiger charge is 2.42. The third-order valence-corrected chi connectivity index (χ3v) is 4.19. The van der Waals surface area contributed by atoms with Gasteiger partial charge in [0.25, 0.3) is 0 Å². The fourth-order valence-electron chi connectivity index (χ4n) is 2.73. The molecule has 1 saturated heterocycles. The molecule has 1 aliphatic rings. The second-order valence-electron chi connectivity index (χ2n) is 8.08. The fourth-order valence-corrected chi connectivity index (χ4v) is 2.73. The van der Waals surface area contributed by atoms with E-state index in [4.69, 9.17) is 9.47 Å². The zero-order valence-electron chi connectivity index (χ0n) is 17.0. The lowest BCUT2D eigenvalue weighted by atomic mass is 9.74. The van der Waals surface area contributed by atoms with Crippen molar-refractivity contribution in [2.75, 3.05) is 33.8 Å². The van der Waals surface area contributed by atoms with Crippen molar-refractivity contribution in [1.29, 1.82) is 0 Å². The Hall–Kier alpha value is -2.05. The quantitative estimate of drug-likeness (QED) is 0.321. The zero-order valence-corrected chi connectivity index (χ0v) is 17.0. The lowest BCUT2D eigenvalue weighted by Gasteiger charge is -2.38. The van der Waals surface area contributed by atoms with Crippen LogP contribution >= 0.6 is 0 Å². The van der Waals surface area contributed by atoms with Gasteiger partial charge in [-0.05, 0) is 40.5 Å². The Morgan fingerprint density at radius 2 is 1.69 bits per heavy atom. The molecule has 0 saturated carbocycles. The van der Waals surface area contributed by atoms with Gasteiger partial charge in [0.1, 0.15) is 11.2 Å². The molecule has 7 heteroatoms. The van der Waals surface area contributed by atoms with E-state index in [9.17, 15) is 14.4 Å². The molecular formula is C19H32N2O5. The second kappa shape index (κ2) is 8.56. The van der Waals surface area contributed by atoms with Gasteiger partial charge in [-0.2, -0.15) is 0 Å². The molecule has 0 aromatic rings. The summed E-state index contributed by atoms with van der Waals surface area (Å²) >= 11 is 0. The second-order valence-corrected chi connectivity index (χ2v) is 8.08. The summed E-state index contributed by atoms with van der Waals surface area (Å²) in [5, 5.41) is 0. The predicted molar refractivity (Wildman–Crippen MR) is 98.6 cm³/mol. The summed E-state index contributed by atoms with van der Waals surface area (Å²) in [6.45, 7) is 10.0. The lowest BCUT2D eigenvalue weighted by molar-refractivity contribution is -0.142. The molecule has 0 aromatic carbocycles. The van der Waals surface area contributed by atoms with Crippen LogP contribution in [0.1, 0.15) is 47.5 Å². The molecule has 1 amide bonds. The first kappa shape index (κ1) is 22.0. The van der Waals surface area contributed by atoms with Crippen LogP contribution in [0.15, 0.2) is 11.8 Å². The molecular weight excluding hydrogens is 336 g/mol. The largest absolute Gasteiger partial charge is 0.462 e. The SMILES string of the molecule is CCOC(=O)C(=CN(C)C)C(=O)C1(C)CCN(C(=O)OC(C)(C)C)CC1. The van der Waals surface area contributed by atoms with Crippen LogP contribution in [-0.2, 0) is 19.1 Å². The zero-order chi connectivity index (χ0) is 20.1. The van der Waals surface area contributed by atoms with Gasteiger partial charge in [0, 0.05) is 38.8 Å². The van der Waals surface area contributed by atoms with Gasteiger partial charge in [0.15, 0.2) is 5.78 Å². The molecule has 0 N–H and O–H groups in total. The Labute approximate surface area is 156 Å². The molecule has 1 aliphatic heterocycles. The van der Waals surface area contributed by atoms with E-state index in [0.717, 1.165) is 0 Å². The number of esters is 1. The van der Waals surface area contributed by atoms with Crippen LogP contribution in [0, 0.1) is 5.41 Å². The van der Waals surface area contributed by atoms with E-state index in [1.54, 1.807) is 30.8 Å². The summed E-state index contributed by atoms with van der Waals surface area (Å²) in [7, 11) is 3.50. The summed E-state index contributed by atoms with van der Waals surface area (Å²) in [6, 6.07) is 0. The Balaban J connectivity index is 2.87. The molecule has 1 fully saturated rings. The molecule has 1 rings (SSSR count). The molecule has 26 heavy (non-hydrogen) atoms. The Bertz CT molecular complexity index is 567. The van der Waals surface area contributed by atoms with Crippen molar-refractivity contribution in [2.24, 2.45) is 5.41 Å². The molecule has 0 radical (unpaired) electrons. The molecule has 0 unspecified atom stereocenters. The van der Waals surface area contributed by atoms with Crippen LogP contribution in [0.25, 0.3) is 0 Å². The highest BCUT2D eigenvalue weighted by Crippen LogP contribution is 2.35. The average Bonchev–Trinajstić information content (AvgIpc) is 2.51. The van der Waals surface area contributed by atoms with Crippen molar-refractivity contribution in [3.63, 3.8) is 0 Å². The minimum absolute atomic E-state index is 0.0464. The fraction of sp³-hybridized carbons (Fsp3) is 0.737. The van der Waals surface area contributed by atoms with E-state index in [2.05, 4.69) is 0 Å². The molecule has 0 bridgehead atoms. The number of piperidine rings is 1. The normalized spacial score (nSPS) is 17.5. The molecule has 0 aliphatic carbocycles. The van der Waals surface area contributed by atoms with Gasteiger partial charge in [-0.15, -0.1) is 0 Å². The molecule has 1 heterocycles. The number of carbonyl (C=O) groups is 3. The number of rotatable bonds is 5.